The average molecular weight is 789 g/mol. The Morgan fingerprint density at radius 3 is 1.19 bits per heavy atom. The summed E-state index contributed by atoms with van der Waals surface area (Å²) in [6.07, 6.45) is 26.3. The fourth-order valence-corrected chi connectivity index (χ4v) is 10.3. The first-order valence-electron chi connectivity index (χ1n) is 23.9. The minimum Gasteiger partial charge on any atom is -0.455 e. The molecule has 2 fully saturated rings. The summed E-state index contributed by atoms with van der Waals surface area (Å²) >= 11 is 0. The van der Waals surface area contributed by atoms with Crippen molar-refractivity contribution in [1.82, 2.24) is 0 Å². The number of nitriles is 2. The summed E-state index contributed by atoms with van der Waals surface area (Å²) in [4.78, 5) is 0. The first-order valence-corrected chi connectivity index (χ1v) is 23.9. The molecule has 2 aliphatic carbocycles. The number of unbranched alkanes of at least 4 members (excludes halogenated alkanes) is 4. The monoisotopic (exact) mass is 789 g/mol. The van der Waals surface area contributed by atoms with E-state index < -0.39 is 0 Å². The van der Waals surface area contributed by atoms with Crippen molar-refractivity contribution in [2.45, 2.75) is 181 Å². The van der Waals surface area contributed by atoms with Gasteiger partial charge in [-0.1, -0.05) is 140 Å². The Morgan fingerprint density at radius 1 is 0.475 bits per heavy atom. The summed E-state index contributed by atoms with van der Waals surface area (Å²) in [7, 11) is 0. The molecule has 0 saturated heterocycles. The van der Waals surface area contributed by atoms with Gasteiger partial charge < -0.3 is 4.74 Å². The first-order chi connectivity index (χ1) is 29.0. The lowest BCUT2D eigenvalue weighted by atomic mass is 9.77. The number of nitrogens with zero attached hydrogens (tertiary/aromatic N) is 2. The van der Waals surface area contributed by atoms with Crippen LogP contribution in [-0.4, -0.2) is 0 Å². The summed E-state index contributed by atoms with van der Waals surface area (Å²) in [5, 5.41) is 21.6. The third-order valence-electron chi connectivity index (χ3n) is 14.1. The molecule has 59 heavy (non-hydrogen) atoms. The van der Waals surface area contributed by atoms with E-state index in [1.165, 1.54) is 123 Å². The highest BCUT2D eigenvalue weighted by Crippen LogP contribution is 2.40. The zero-order chi connectivity index (χ0) is 41.4. The number of benzene rings is 4. The van der Waals surface area contributed by atoms with Gasteiger partial charge in [0, 0.05) is 0 Å². The van der Waals surface area contributed by atoms with Gasteiger partial charge in [-0.15, -0.1) is 0 Å². The molecule has 4 aromatic carbocycles. The molecule has 4 aromatic rings. The molecule has 0 aromatic heterocycles. The maximum absolute atomic E-state index is 10.8. The fraction of sp³-hybridized carbons (Fsp3) is 0.536. The van der Waals surface area contributed by atoms with Crippen molar-refractivity contribution in [3.63, 3.8) is 0 Å². The van der Waals surface area contributed by atoms with Gasteiger partial charge in [-0.2, -0.15) is 10.5 Å². The van der Waals surface area contributed by atoms with Crippen LogP contribution in [0.25, 0.3) is 0 Å². The van der Waals surface area contributed by atoms with Crippen molar-refractivity contribution in [2.24, 2.45) is 11.8 Å². The smallest absolute Gasteiger partial charge is 0.145 e. The van der Waals surface area contributed by atoms with Crippen molar-refractivity contribution in [2.75, 3.05) is 0 Å². The number of hydrogen-bond acceptors (Lipinski definition) is 3. The van der Waals surface area contributed by atoms with Crippen LogP contribution in [0.1, 0.15) is 211 Å². The summed E-state index contributed by atoms with van der Waals surface area (Å²) < 4.78 is 6.72. The normalized spacial score (nSPS) is 19.2. The molecule has 3 nitrogen and oxygen atoms in total. The van der Waals surface area contributed by atoms with Crippen LogP contribution in [0.3, 0.4) is 0 Å². The number of rotatable bonds is 20. The molecule has 2 saturated carbocycles. The molecule has 3 heteroatoms. The third kappa shape index (κ3) is 11.9. The van der Waals surface area contributed by atoms with Crippen molar-refractivity contribution in [3.8, 4) is 23.6 Å². The molecule has 0 amide bonds. The Balaban J connectivity index is 1.22. The van der Waals surface area contributed by atoms with Gasteiger partial charge in [-0.05, 0) is 170 Å². The Labute approximate surface area is 358 Å². The van der Waals surface area contributed by atoms with E-state index in [0.29, 0.717) is 47.3 Å². The van der Waals surface area contributed by atoms with Gasteiger partial charge in [-0.3, -0.25) is 0 Å². The Kier molecular flexibility index (Phi) is 17.1. The minimum atomic E-state index is 0.539. The highest BCUT2D eigenvalue weighted by molar-refractivity contribution is 5.59. The quantitative estimate of drug-likeness (QED) is 0.0896. The predicted octanol–water partition coefficient (Wildman–Crippen LogP) is 16.0. The van der Waals surface area contributed by atoms with Crippen LogP contribution in [-0.2, 0) is 25.7 Å². The van der Waals surface area contributed by atoms with Crippen molar-refractivity contribution < 1.29 is 4.74 Å². The third-order valence-corrected chi connectivity index (χ3v) is 14.1. The van der Waals surface area contributed by atoms with Gasteiger partial charge in [-0.25, -0.2) is 0 Å². The maximum atomic E-state index is 10.8. The number of ether oxygens (including phenoxy) is 1. The Bertz CT molecular complexity index is 1830. The second-order valence-electron chi connectivity index (χ2n) is 18.2. The highest BCUT2D eigenvalue weighted by Gasteiger charge is 2.25. The van der Waals surface area contributed by atoms with Crippen LogP contribution < -0.4 is 4.74 Å². The SMILES string of the molecule is CCCCc1ccc(Oc2ccc(CCCC)c(Cc3ccc(C4CCC(CCCC)CC4)cc3)c2C#N)c(C#N)c1Cc1ccc(C2CCC(CCCC)CC2)cc1. The molecule has 0 heterocycles. The molecule has 0 atom stereocenters. The van der Waals surface area contributed by atoms with E-state index in [0.717, 1.165) is 61.5 Å². The second kappa shape index (κ2) is 22.9. The number of hydrogen-bond donors (Lipinski definition) is 0. The second-order valence-corrected chi connectivity index (χ2v) is 18.2. The van der Waals surface area contributed by atoms with Crippen molar-refractivity contribution in [3.05, 3.63) is 128 Å². The first kappa shape index (κ1) is 44.2. The van der Waals surface area contributed by atoms with Crippen molar-refractivity contribution >= 4 is 0 Å². The summed E-state index contributed by atoms with van der Waals surface area (Å²) in [6.45, 7) is 9.04. The van der Waals surface area contributed by atoms with Crippen molar-refractivity contribution in [1.29, 1.82) is 10.5 Å². The van der Waals surface area contributed by atoms with Gasteiger partial charge in [0.1, 0.15) is 23.6 Å². The zero-order valence-corrected chi connectivity index (χ0v) is 37.1. The molecular formula is C56H72N2O. The van der Waals surface area contributed by atoms with E-state index in [-0.39, 0.29) is 0 Å². The predicted molar refractivity (Wildman–Crippen MR) is 247 cm³/mol. The topological polar surface area (TPSA) is 56.8 Å². The molecule has 0 radical (unpaired) electrons. The molecule has 312 valence electrons. The minimum absolute atomic E-state index is 0.539. The molecule has 2 aliphatic rings. The van der Waals surface area contributed by atoms with E-state index in [2.05, 4.69) is 100 Å². The van der Waals surface area contributed by atoms with E-state index in [9.17, 15) is 10.5 Å². The lowest BCUT2D eigenvalue weighted by molar-refractivity contribution is 0.304. The summed E-state index contributed by atoms with van der Waals surface area (Å²) in [5.41, 5.74) is 11.1. The van der Waals surface area contributed by atoms with E-state index in [1.807, 2.05) is 12.1 Å². The summed E-state index contributed by atoms with van der Waals surface area (Å²) in [5.74, 6) is 4.21. The van der Waals surface area contributed by atoms with Crippen LogP contribution in [0.5, 0.6) is 11.5 Å². The van der Waals surface area contributed by atoms with Gasteiger partial charge in [0.25, 0.3) is 0 Å². The summed E-state index contributed by atoms with van der Waals surface area (Å²) in [6, 6.07) is 31.9. The fourth-order valence-electron chi connectivity index (χ4n) is 10.3. The zero-order valence-electron chi connectivity index (χ0n) is 37.1. The molecule has 0 unspecified atom stereocenters. The Hall–Kier alpha value is -4.34. The van der Waals surface area contributed by atoms with E-state index >= 15 is 0 Å². The van der Waals surface area contributed by atoms with Gasteiger partial charge in [0.15, 0.2) is 0 Å². The van der Waals surface area contributed by atoms with Gasteiger partial charge in [0.05, 0.1) is 11.1 Å². The van der Waals surface area contributed by atoms with Crippen LogP contribution in [0.15, 0.2) is 72.8 Å². The van der Waals surface area contributed by atoms with Crippen LogP contribution in [0.2, 0.25) is 0 Å². The van der Waals surface area contributed by atoms with Crippen LogP contribution >= 0.6 is 0 Å². The van der Waals surface area contributed by atoms with E-state index in [1.54, 1.807) is 0 Å². The molecular weight excluding hydrogens is 717 g/mol. The lowest BCUT2D eigenvalue weighted by Gasteiger charge is -2.29. The largest absolute Gasteiger partial charge is 0.455 e. The molecule has 6 rings (SSSR count). The van der Waals surface area contributed by atoms with Crippen LogP contribution in [0.4, 0.5) is 0 Å². The number of aryl methyl sites for hydroxylation is 2. The van der Waals surface area contributed by atoms with Gasteiger partial charge >= 0.3 is 0 Å². The van der Waals surface area contributed by atoms with Crippen LogP contribution in [0, 0.1) is 34.5 Å². The molecule has 0 spiro atoms. The Morgan fingerprint density at radius 2 is 0.847 bits per heavy atom. The molecule has 0 N–H and O–H groups in total. The maximum Gasteiger partial charge on any atom is 0.145 e. The average Bonchev–Trinajstić information content (AvgIpc) is 3.28. The standard InChI is InChI=1S/C56H72N2O/c1-5-9-13-41-17-25-45(26-18-41)47-29-21-43(22-30-47)37-51-49(15-11-7-3)33-35-55(53(51)39-57)59-56-36-34-50(16-12-8-4)52(54(56)40-58)38-44-23-31-48(32-24-44)46-27-19-42(20-28-46)14-10-6-2/h21-24,29-36,41-42,45-46H,5-20,25-28,37-38H2,1-4H3. The molecule has 0 aliphatic heterocycles. The van der Waals surface area contributed by atoms with Gasteiger partial charge in [0.2, 0.25) is 0 Å². The highest BCUT2D eigenvalue weighted by atomic mass is 16.5. The van der Waals surface area contributed by atoms with E-state index in [4.69, 9.17) is 4.74 Å². The molecule has 0 bridgehead atoms. The lowest BCUT2D eigenvalue weighted by Crippen LogP contribution is -2.13.